The van der Waals surface area contributed by atoms with Gasteiger partial charge >= 0.3 is 8.74 Å². The van der Waals surface area contributed by atoms with E-state index < -0.39 is 8.74 Å². The monoisotopic (exact) mass is 370 g/mol. The lowest BCUT2D eigenvalue weighted by molar-refractivity contribution is 0.403. The van der Waals surface area contributed by atoms with Crippen molar-refractivity contribution in [3.05, 3.63) is 66.2 Å². The van der Waals surface area contributed by atoms with Crippen LogP contribution in [0.5, 0.6) is 0 Å². The molecular formula is C21H24F2N2Si. The molecule has 0 saturated heterocycles. The minimum Gasteiger partial charge on any atom is -0.377 e. The molecule has 0 atom stereocenters. The van der Waals surface area contributed by atoms with E-state index in [1.54, 1.807) is 24.3 Å². The van der Waals surface area contributed by atoms with Gasteiger partial charge in [0.2, 0.25) is 0 Å². The van der Waals surface area contributed by atoms with E-state index in [9.17, 15) is 0 Å². The van der Waals surface area contributed by atoms with E-state index in [2.05, 4.69) is 0 Å². The van der Waals surface area contributed by atoms with Crippen molar-refractivity contribution in [3.8, 4) is 0 Å². The van der Waals surface area contributed by atoms with Gasteiger partial charge < -0.3 is 9.80 Å². The molecule has 0 N–H and O–H groups in total. The first-order chi connectivity index (χ1) is 12.3. The Hall–Kier alpha value is -2.24. The van der Waals surface area contributed by atoms with Crippen LogP contribution in [-0.2, 0) is 6.54 Å². The van der Waals surface area contributed by atoms with Gasteiger partial charge in [0, 0.05) is 42.1 Å². The zero-order valence-corrected chi connectivity index (χ0v) is 16.6. The van der Waals surface area contributed by atoms with Crippen molar-refractivity contribution in [1.82, 2.24) is 4.90 Å². The minimum absolute atomic E-state index is 0.186. The first-order valence-corrected chi connectivity index (χ1v) is 10.4. The highest BCUT2D eigenvalue weighted by molar-refractivity contribution is 6.93. The fourth-order valence-electron chi connectivity index (χ4n) is 3.41. The Kier molecular flexibility index (Phi) is 5.12. The van der Waals surface area contributed by atoms with Crippen molar-refractivity contribution in [3.63, 3.8) is 0 Å². The summed E-state index contributed by atoms with van der Waals surface area (Å²) in [5, 5.41) is 1.91. The third kappa shape index (κ3) is 3.37. The topological polar surface area (TPSA) is 6.48 Å². The maximum Gasteiger partial charge on any atom is 0.488 e. The minimum atomic E-state index is -4.86. The summed E-state index contributed by atoms with van der Waals surface area (Å²) < 4.78 is 31.7. The van der Waals surface area contributed by atoms with Crippen LogP contribution in [-0.4, -0.2) is 41.8 Å². The fourth-order valence-corrected chi connectivity index (χ4v) is 5.46. The fraction of sp³-hybridized carbons (Fsp3) is 0.238. The largest absolute Gasteiger partial charge is 0.488 e. The highest BCUT2D eigenvalue weighted by atomic mass is 28.4. The summed E-state index contributed by atoms with van der Waals surface area (Å²) in [6, 6.07) is 17.9. The average molecular weight is 371 g/mol. The van der Waals surface area contributed by atoms with Crippen LogP contribution in [0.2, 0.25) is 0 Å². The Balaban J connectivity index is 2.26. The molecule has 0 aliphatic carbocycles. The van der Waals surface area contributed by atoms with E-state index in [0.717, 1.165) is 11.1 Å². The maximum atomic E-state index is 15.9. The molecule has 0 heterocycles. The first-order valence-electron chi connectivity index (χ1n) is 8.63. The second-order valence-corrected chi connectivity index (χ2v) is 9.27. The van der Waals surface area contributed by atoms with Gasteiger partial charge in [-0.05, 0) is 31.1 Å². The predicted octanol–water partition coefficient (Wildman–Crippen LogP) is 3.46. The molecule has 136 valence electrons. The van der Waals surface area contributed by atoms with Gasteiger partial charge in [-0.15, -0.1) is 0 Å². The number of anilines is 1. The zero-order chi connectivity index (χ0) is 18.9. The third-order valence-corrected chi connectivity index (χ3v) is 6.80. The molecule has 3 rings (SSSR count). The van der Waals surface area contributed by atoms with Crippen LogP contribution in [0.1, 0.15) is 5.56 Å². The summed E-state index contributed by atoms with van der Waals surface area (Å²) in [7, 11) is 2.73. The van der Waals surface area contributed by atoms with Gasteiger partial charge in [-0.1, -0.05) is 54.6 Å². The summed E-state index contributed by atoms with van der Waals surface area (Å²) in [5.41, 5.74) is 1.53. The van der Waals surface area contributed by atoms with Crippen LogP contribution in [0, 0.1) is 0 Å². The average Bonchev–Trinajstić information content (AvgIpc) is 2.60. The summed E-state index contributed by atoms with van der Waals surface area (Å²) in [6.07, 6.45) is 0. The summed E-state index contributed by atoms with van der Waals surface area (Å²) in [6.45, 7) is 0.504. The van der Waals surface area contributed by atoms with Crippen LogP contribution in [0.15, 0.2) is 60.7 Å². The quantitative estimate of drug-likeness (QED) is 0.501. The molecule has 3 aromatic rings. The van der Waals surface area contributed by atoms with Crippen LogP contribution in [0.25, 0.3) is 10.8 Å². The van der Waals surface area contributed by atoms with Crippen molar-refractivity contribution in [1.29, 1.82) is 0 Å². The second kappa shape index (κ2) is 7.17. The Labute approximate surface area is 155 Å². The molecule has 0 aliphatic heterocycles. The lowest BCUT2D eigenvalue weighted by Crippen LogP contribution is -2.53. The van der Waals surface area contributed by atoms with E-state index in [1.165, 1.54) is 0 Å². The van der Waals surface area contributed by atoms with E-state index in [-0.39, 0.29) is 10.4 Å². The molecule has 0 radical (unpaired) electrons. The molecule has 2 nitrogen and oxygen atoms in total. The van der Waals surface area contributed by atoms with Crippen molar-refractivity contribution in [2.75, 3.05) is 33.1 Å². The summed E-state index contributed by atoms with van der Waals surface area (Å²) in [4.78, 5) is 3.83. The molecule has 0 amide bonds. The first kappa shape index (κ1) is 18.5. The van der Waals surface area contributed by atoms with Gasteiger partial charge in [0.25, 0.3) is 0 Å². The summed E-state index contributed by atoms with van der Waals surface area (Å²) in [5.74, 6) is 0. The van der Waals surface area contributed by atoms with E-state index in [4.69, 9.17) is 0 Å². The van der Waals surface area contributed by atoms with Crippen molar-refractivity contribution in [2.45, 2.75) is 6.54 Å². The lowest BCUT2D eigenvalue weighted by atomic mass is 10.1. The molecule has 0 fully saturated rings. The van der Waals surface area contributed by atoms with Crippen molar-refractivity contribution >= 4 is 35.6 Å². The van der Waals surface area contributed by atoms with Gasteiger partial charge in [0.15, 0.2) is 0 Å². The number of halogens is 2. The second-order valence-electron chi connectivity index (χ2n) is 7.04. The number of rotatable bonds is 5. The molecule has 0 saturated carbocycles. The zero-order valence-electron chi connectivity index (χ0n) is 15.6. The number of nitrogens with zero attached hydrogens (tertiary/aromatic N) is 2. The predicted molar refractivity (Wildman–Crippen MR) is 109 cm³/mol. The van der Waals surface area contributed by atoms with Crippen molar-refractivity contribution in [2.24, 2.45) is 0 Å². The molecule has 0 spiro atoms. The molecular weight excluding hydrogens is 346 g/mol. The van der Waals surface area contributed by atoms with Gasteiger partial charge in [0.1, 0.15) is 0 Å². The molecule has 0 aromatic heterocycles. The van der Waals surface area contributed by atoms with Gasteiger partial charge in [0.05, 0.1) is 0 Å². The SMILES string of the molecule is CN(C)Cc1ccccc1[Si](F)(F)c1cccc2cccc(N(C)C)c12. The number of hydrogen-bond donors (Lipinski definition) is 0. The molecule has 5 heteroatoms. The Morgan fingerprint density at radius 3 is 2.04 bits per heavy atom. The number of fused-ring (bicyclic) bond motifs is 1. The molecule has 3 aromatic carbocycles. The van der Waals surface area contributed by atoms with Crippen molar-refractivity contribution < 1.29 is 8.22 Å². The Morgan fingerprint density at radius 2 is 1.38 bits per heavy atom. The standard InChI is InChI=1S/C21H24F2N2Si/c1-24(2)15-17-9-5-6-13-19(17)26(22,23)20-14-8-11-16-10-7-12-18(21(16)20)25(3)4/h5-14H,15H2,1-4H3. The molecule has 0 bridgehead atoms. The van der Waals surface area contributed by atoms with E-state index in [1.807, 2.05) is 74.4 Å². The highest BCUT2D eigenvalue weighted by Crippen LogP contribution is 2.27. The maximum absolute atomic E-state index is 15.9. The summed E-state index contributed by atoms with van der Waals surface area (Å²) >= 11 is 0. The van der Waals surface area contributed by atoms with Gasteiger partial charge in [-0.3, -0.25) is 8.22 Å². The Morgan fingerprint density at radius 1 is 0.769 bits per heavy atom. The molecule has 0 unspecified atom stereocenters. The van der Waals surface area contributed by atoms with Crippen LogP contribution in [0.4, 0.5) is 13.9 Å². The molecule has 26 heavy (non-hydrogen) atoms. The van der Waals surface area contributed by atoms with Crippen LogP contribution < -0.4 is 15.3 Å². The number of hydrogen-bond acceptors (Lipinski definition) is 2. The van der Waals surface area contributed by atoms with Crippen LogP contribution >= 0.6 is 0 Å². The smallest absolute Gasteiger partial charge is 0.377 e. The molecule has 0 aliphatic rings. The van der Waals surface area contributed by atoms with E-state index in [0.29, 0.717) is 17.5 Å². The number of benzene rings is 3. The third-order valence-electron chi connectivity index (χ3n) is 4.54. The lowest BCUT2D eigenvalue weighted by Gasteiger charge is -2.23. The van der Waals surface area contributed by atoms with Gasteiger partial charge in [-0.25, -0.2) is 0 Å². The Bertz CT molecular complexity index is 918. The normalized spacial score (nSPS) is 12.0. The van der Waals surface area contributed by atoms with Crippen LogP contribution in [0.3, 0.4) is 0 Å². The van der Waals surface area contributed by atoms with E-state index >= 15 is 8.22 Å². The highest BCUT2D eigenvalue weighted by Gasteiger charge is 2.43. The van der Waals surface area contributed by atoms with Gasteiger partial charge in [-0.2, -0.15) is 0 Å².